The molecule has 0 bridgehead atoms. The van der Waals surface area contributed by atoms with E-state index in [0.717, 1.165) is 5.75 Å². The first-order valence-corrected chi connectivity index (χ1v) is 5.70. The predicted molar refractivity (Wildman–Crippen MR) is 55.3 cm³/mol. The molecule has 1 heterocycles. The van der Waals surface area contributed by atoms with Gasteiger partial charge in [-0.05, 0) is 6.92 Å². The van der Waals surface area contributed by atoms with Crippen LogP contribution in [0, 0.1) is 0 Å². The van der Waals surface area contributed by atoms with Crippen molar-refractivity contribution in [2.24, 2.45) is 0 Å². The van der Waals surface area contributed by atoms with Crippen molar-refractivity contribution in [1.29, 1.82) is 0 Å². The molecular formula is C9H15NO3S. The molecule has 1 saturated heterocycles. The monoisotopic (exact) mass is 217 g/mol. The van der Waals surface area contributed by atoms with Crippen molar-refractivity contribution in [2.45, 2.75) is 31.6 Å². The fourth-order valence-corrected chi connectivity index (χ4v) is 2.62. The quantitative estimate of drug-likeness (QED) is 0.695. The van der Waals surface area contributed by atoms with Gasteiger partial charge in [-0.2, -0.15) is 11.8 Å². The molecule has 5 heteroatoms. The number of thioether (sulfide) groups is 1. The number of hydrogen-bond acceptors (Lipinski definition) is 3. The molecule has 0 aliphatic carbocycles. The number of carboxylic acids is 1. The molecular weight excluding hydrogens is 202 g/mol. The Bertz CT molecular complexity index is 244. The summed E-state index contributed by atoms with van der Waals surface area (Å²) in [6, 6.07) is 0.139. The molecule has 0 aromatic heterocycles. The van der Waals surface area contributed by atoms with E-state index in [1.165, 1.54) is 0 Å². The van der Waals surface area contributed by atoms with Crippen LogP contribution in [0.5, 0.6) is 0 Å². The molecule has 0 aromatic rings. The highest BCUT2D eigenvalue weighted by Gasteiger charge is 2.29. The highest BCUT2D eigenvalue weighted by Crippen LogP contribution is 2.24. The first-order valence-electron chi connectivity index (χ1n) is 4.65. The summed E-state index contributed by atoms with van der Waals surface area (Å²) in [5, 5.41) is 8.90. The lowest BCUT2D eigenvalue weighted by Gasteiger charge is -2.37. The molecule has 0 aromatic carbocycles. The molecule has 2 atom stereocenters. The van der Waals surface area contributed by atoms with Gasteiger partial charge in [0.25, 0.3) is 0 Å². The SMILES string of the molecule is CC1SCCN(C(=O)CC(=O)O)C1C. The molecule has 2 unspecified atom stereocenters. The Morgan fingerprint density at radius 3 is 2.71 bits per heavy atom. The third-order valence-corrected chi connectivity index (χ3v) is 3.84. The van der Waals surface area contributed by atoms with Gasteiger partial charge in [-0.3, -0.25) is 9.59 Å². The van der Waals surface area contributed by atoms with E-state index in [4.69, 9.17) is 5.11 Å². The summed E-state index contributed by atoms with van der Waals surface area (Å²) in [6.07, 6.45) is -0.387. The molecule has 14 heavy (non-hydrogen) atoms. The van der Waals surface area contributed by atoms with Crippen molar-refractivity contribution in [1.82, 2.24) is 4.90 Å². The lowest BCUT2D eigenvalue weighted by molar-refractivity contribution is -0.145. The molecule has 1 fully saturated rings. The van der Waals surface area contributed by atoms with Crippen LogP contribution in [0.3, 0.4) is 0 Å². The number of aliphatic carboxylic acids is 1. The van der Waals surface area contributed by atoms with Crippen molar-refractivity contribution in [3.8, 4) is 0 Å². The fraction of sp³-hybridized carbons (Fsp3) is 0.778. The summed E-state index contributed by atoms with van der Waals surface area (Å²) in [4.78, 5) is 23.6. The van der Waals surface area contributed by atoms with E-state index < -0.39 is 5.97 Å². The number of rotatable bonds is 2. The van der Waals surface area contributed by atoms with Crippen molar-refractivity contribution < 1.29 is 14.7 Å². The smallest absolute Gasteiger partial charge is 0.312 e. The Balaban J connectivity index is 2.57. The van der Waals surface area contributed by atoms with Gasteiger partial charge < -0.3 is 10.0 Å². The van der Waals surface area contributed by atoms with Gasteiger partial charge in [0, 0.05) is 23.6 Å². The standard InChI is InChI=1S/C9H15NO3S/c1-6-7(2)14-4-3-10(6)8(11)5-9(12)13/h6-7H,3-5H2,1-2H3,(H,12,13). The van der Waals surface area contributed by atoms with Gasteiger partial charge in [0.1, 0.15) is 6.42 Å². The molecule has 1 amide bonds. The van der Waals surface area contributed by atoms with Gasteiger partial charge in [-0.25, -0.2) is 0 Å². The first-order chi connectivity index (χ1) is 6.52. The summed E-state index contributed by atoms with van der Waals surface area (Å²) in [7, 11) is 0. The molecule has 1 aliphatic rings. The number of carbonyl (C=O) groups is 2. The number of nitrogens with zero attached hydrogens (tertiary/aromatic N) is 1. The third-order valence-electron chi connectivity index (χ3n) is 2.51. The normalized spacial score (nSPS) is 27.4. The summed E-state index contributed by atoms with van der Waals surface area (Å²) in [5.74, 6) is -0.415. The van der Waals surface area contributed by atoms with E-state index in [1.54, 1.807) is 4.90 Å². The fourth-order valence-electron chi connectivity index (χ4n) is 1.52. The van der Waals surface area contributed by atoms with E-state index in [0.29, 0.717) is 11.8 Å². The van der Waals surface area contributed by atoms with E-state index in [-0.39, 0.29) is 18.4 Å². The number of hydrogen-bond donors (Lipinski definition) is 1. The van der Waals surface area contributed by atoms with E-state index >= 15 is 0 Å². The van der Waals surface area contributed by atoms with E-state index in [1.807, 2.05) is 18.7 Å². The van der Waals surface area contributed by atoms with Crippen molar-refractivity contribution in [3.05, 3.63) is 0 Å². The highest BCUT2D eigenvalue weighted by atomic mass is 32.2. The minimum atomic E-state index is -1.05. The maximum atomic E-state index is 11.5. The Morgan fingerprint density at radius 1 is 1.50 bits per heavy atom. The zero-order valence-corrected chi connectivity index (χ0v) is 9.21. The predicted octanol–water partition coefficient (Wildman–Crippen LogP) is 0.813. The average Bonchev–Trinajstić information content (AvgIpc) is 2.08. The molecule has 4 nitrogen and oxygen atoms in total. The minimum absolute atomic E-state index is 0.139. The lowest BCUT2D eigenvalue weighted by Crippen LogP contribution is -2.48. The van der Waals surface area contributed by atoms with Crippen LogP contribution in [0.25, 0.3) is 0 Å². The van der Waals surface area contributed by atoms with Crippen LogP contribution in [0.4, 0.5) is 0 Å². The van der Waals surface area contributed by atoms with Gasteiger partial charge in [0.2, 0.25) is 5.91 Å². The van der Waals surface area contributed by atoms with Gasteiger partial charge in [-0.1, -0.05) is 6.92 Å². The van der Waals surface area contributed by atoms with Crippen molar-refractivity contribution >= 4 is 23.6 Å². The number of carboxylic acid groups (broad SMARTS) is 1. The van der Waals surface area contributed by atoms with Gasteiger partial charge in [0.05, 0.1) is 0 Å². The van der Waals surface area contributed by atoms with Crippen LogP contribution in [0.1, 0.15) is 20.3 Å². The highest BCUT2D eigenvalue weighted by molar-refractivity contribution is 8.00. The topological polar surface area (TPSA) is 57.6 Å². The molecule has 0 spiro atoms. The maximum Gasteiger partial charge on any atom is 0.312 e. The Hall–Kier alpha value is -0.710. The van der Waals surface area contributed by atoms with Gasteiger partial charge in [0.15, 0.2) is 0 Å². The second-order valence-corrected chi connectivity index (χ2v) is 4.96. The van der Waals surface area contributed by atoms with Crippen LogP contribution >= 0.6 is 11.8 Å². The third kappa shape index (κ3) is 2.64. The Morgan fingerprint density at radius 2 is 2.14 bits per heavy atom. The lowest BCUT2D eigenvalue weighted by atomic mass is 10.2. The van der Waals surface area contributed by atoms with Crippen LogP contribution in [-0.2, 0) is 9.59 Å². The van der Waals surface area contributed by atoms with Gasteiger partial charge >= 0.3 is 5.97 Å². The number of amides is 1. The van der Waals surface area contributed by atoms with Crippen LogP contribution in [0.2, 0.25) is 0 Å². The molecule has 1 N–H and O–H groups in total. The van der Waals surface area contributed by atoms with E-state index in [9.17, 15) is 9.59 Å². The summed E-state index contributed by atoms with van der Waals surface area (Å²) in [5.41, 5.74) is 0. The van der Waals surface area contributed by atoms with Crippen LogP contribution in [0.15, 0.2) is 0 Å². The maximum absolute atomic E-state index is 11.5. The zero-order valence-electron chi connectivity index (χ0n) is 8.40. The van der Waals surface area contributed by atoms with E-state index in [2.05, 4.69) is 6.92 Å². The molecule has 80 valence electrons. The largest absolute Gasteiger partial charge is 0.481 e. The van der Waals surface area contributed by atoms with Crippen LogP contribution < -0.4 is 0 Å². The summed E-state index contributed by atoms with van der Waals surface area (Å²) < 4.78 is 0. The molecule has 1 rings (SSSR count). The van der Waals surface area contributed by atoms with Gasteiger partial charge in [-0.15, -0.1) is 0 Å². The van der Waals surface area contributed by atoms with Crippen molar-refractivity contribution in [3.63, 3.8) is 0 Å². The molecule has 0 saturated carbocycles. The second-order valence-electron chi connectivity index (χ2n) is 3.47. The number of carbonyl (C=O) groups excluding carboxylic acids is 1. The Labute approximate surface area is 87.7 Å². The average molecular weight is 217 g/mol. The van der Waals surface area contributed by atoms with Crippen LogP contribution in [-0.4, -0.2) is 45.5 Å². The first kappa shape index (κ1) is 11.4. The second kappa shape index (κ2) is 4.68. The Kier molecular flexibility index (Phi) is 3.80. The van der Waals surface area contributed by atoms with Crippen molar-refractivity contribution in [2.75, 3.05) is 12.3 Å². The molecule has 0 radical (unpaired) electrons. The molecule has 1 aliphatic heterocycles. The summed E-state index contributed by atoms with van der Waals surface area (Å²) >= 11 is 1.82. The summed E-state index contributed by atoms with van der Waals surface area (Å²) in [6.45, 7) is 4.70. The minimum Gasteiger partial charge on any atom is -0.481 e. The zero-order chi connectivity index (χ0) is 10.7.